The Bertz CT molecular complexity index is 1060. The normalized spacial score (nSPS) is 17.9. The number of piperidine rings is 1. The van der Waals surface area contributed by atoms with Crippen LogP contribution in [0.3, 0.4) is 0 Å². The van der Waals surface area contributed by atoms with Gasteiger partial charge in [0.1, 0.15) is 11.6 Å². The number of hydrogen-bond acceptors (Lipinski definition) is 4. The van der Waals surface area contributed by atoms with Crippen molar-refractivity contribution in [2.24, 2.45) is 0 Å². The Labute approximate surface area is 183 Å². The van der Waals surface area contributed by atoms with Crippen LogP contribution < -0.4 is 0 Å². The SMILES string of the molecule is COC1CCN(C(=O)c2cc(C=C3OC(=O)c4cc(Cl)c(Cl)cc43)ccc2F)CC1. The number of ether oxygens (including phenoxy) is 2. The van der Waals surface area contributed by atoms with Crippen molar-refractivity contribution in [3.8, 4) is 0 Å². The van der Waals surface area contributed by atoms with Gasteiger partial charge in [-0.25, -0.2) is 9.18 Å². The van der Waals surface area contributed by atoms with Crippen LogP contribution in [0.5, 0.6) is 0 Å². The first kappa shape index (κ1) is 20.8. The summed E-state index contributed by atoms with van der Waals surface area (Å²) in [4.78, 5) is 26.6. The van der Waals surface area contributed by atoms with Crippen LogP contribution in [0.4, 0.5) is 4.39 Å². The molecule has 2 heterocycles. The van der Waals surface area contributed by atoms with Crippen molar-refractivity contribution in [3.63, 3.8) is 0 Å². The second kappa shape index (κ2) is 8.38. The van der Waals surface area contributed by atoms with E-state index in [9.17, 15) is 14.0 Å². The highest BCUT2D eigenvalue weighted by atomic mass is 35.5. The third-order valence-electron chi connectivity index (χ3n) is 5.33. The van der Waals surface area contributed by atoms with E-state index < -0.39 is 11.8 Å². The molecule has 156 valence electrons. The molecular formula is C22H18Cl2FNO4. The summed E-state index contributed by atoms with van der Waals surface area (Å²) in [5, 5.41) is 0.537. The lowest BCUT2D eigenvalue weighted by Gasteiger charge is -2.31. The van der Waals surface area contributed by atoms with Crippen molar-refractivity contribution in [1.82, 2.24) is 4.90 Å². The van der Waals surface area contributed by atoms with Gasteiger partial charge in [-0.1, -0.05) is 29.3 Å². The van der Waals surface area contributed by atoms with Gasteiger partial charge in [0.05, 0.1) is 27.3 Å². The standard InChI is InChI=1S/C22H18Cl2FNO4/c1-29-13-4-6-26(7-5-13)21(27)16-8-12(2-3-19(16)25)9-20-14-10-17(23)18(24)11-15(14)22(28)30-20/h2-3,8-11,13H,4-7H2,1H3. The van der Waals surface area contributed by atoms with Gasteiger partial charge in [0.25, 0.3) is 5.91 Å². The van der Waals surface area contributed by atoms with Crippen molar-refractivity contribution in [2.45, 2.75) is 18.9 Å². The Kier molecular flexibility index (Phi) is 5.82. The number of benzene rings is 2. The quantitative estimate of drug-likeness (QED) is 0.615. The van der Waals surface area contributed by atoms with E-state index in [-0.39, 0.29) is 33.4 Å². The molecule has 4 rings (SSSR count). The zero-order valence-corrected chi connectivity index (χ0v) is 17.6. The van der Waals surface area contributed by atoms with Crippen LogP contribution >= 0.6 is 23.2 Å². The van der Waals surface area contributed by atoms with Crippen molar-refractivity contribution in [2.75, 3.05) is 20.2 Å². The van der Waals surface area contributed by atoms with E-state index >= 15 is 0 Å². The van der Waals surface area contributed by atoms with Crippen molar-refractivity contribution in [3.05, 3.63) is 68.4 Å². The molecule has 0 aliphatic carbocycles. The fourth-order valence-electron chi connectivity index (χ4n) is 3.65. The van der Waals surface area contributed by atoms with E-state index in [2.05, 4.69) is 0 Å². The average Bonchev–Trinajstić information content (AvgIpc) is 3.03. The summed E-state index contributed by atoms with van der Waals surface area (Å²) in [6, 6.07) is 7.20. The molecule has 2 aliphatic rings. The summed E-state index contributed by atoms with van der Waals surface area (Å²) in [5.41, 5.74) is 1.29. The predicted octanol–water partition coefficient (Wildman–Crippen LogP) is 5.05. The summed E-state index contributed by atoms with van der Waals surface area (Å²) in [6.07, 6.45) is 3.11. The smallest absolute Gasteiger partial charge is 0.344 e. The molecular weight excluding hydrogens is 432 g/mol. The van der Waals surface area contributed by atoms with Gasteiger partial charge in [-0.2, -0.15) is 0 Å². The van der Waals surface area contributed by atoms with E-state index in [1.165, 1.54) is 24.3 Å². The average molecular weight is 450 g/mol. The second-order valence-corrected chi connectivity index (χ2v) is 7.99. The van der Waals surface area contributed by atoms with E-state index in [1.807, 2.05) is 0 Å². The lowest BCUT2D eigenvalue weighted by Crippen LogP contribution is -2.40. The van der Waals surface area contributed by atoms with Gasteiger partial charge >= 0.3 is 5.97 Å². The molecule has 0 atom stereocenters. The number of methoxy groups -OCH3 is 1. The molecule has 1 fully saturated rings. The number of amides is 1. The van der Waals surface area contributed by atoms with Crippen LogP contribution in [-0.4, -0.2) is 43.1 Å². The number of nitrogens with zero attached hydrogens (tertiary/aromatic N) is 1. The zero-order chi connectivity index (χ0) is 21.4. The van der Waals surface area contributed by atoms with Gasteiger partial charge < -0.3 is 14.4 Å². The number of fused-ring (bicyclic) bond motifs is 1. The molecule has 2 aromatic carbocycles. The van der Waals surface area contributed by atoms with E-state index in [1.54, 1.807) is 24.2 Å². The van der Waals surface area contributed by atoms with Crippen molar-refractivity contribution >= 4 is 46.9 Å². The lowest BCUT2D eigenvalue weighted by molar-refractivity contribution is 0.0348. The van der Waals surface area contributed by atoms with Crippen LogP contribution in [-0.2, 0) is 9.47 Å². The maximum atomic E-state index is 14.4. The fraction of sp³-hybridized carbons (Fsp3) is 0.273. The number of carbonyl (C=O) groups is 2. The highest BCUT2D eigenvalue weighted by Crippen LogP contribution is 2.36. The minimum absolute atomic E-state index is 0.0288. The number of cyclic esters (lactones) is 1. The molecule has 2 aliphatic heterocycles. The number of halogens is 3. The van der Waals surface area contributed by atoms with Gasteiger partial charge in [0.15, 0.2) is 0 Å². The Hall–Kier alpha value is -2.41. The number of hydrogen-bond donors (Lipinski definition) is 0. The summed E-state index contributed by atoms with van der Waals surface area (Å²) in [5.74, 6) is -1.26. The van der Waals surface area contributed by atoms with Crippen molar-refractivity contribution in [1.29, 1.82) is 0 Å². The third-order valence-corrected chi connectivity index (χ3v) is 6.05. The van der Waals surface area contributed by atoms with Crippen molar-refractivity contribution < 1.29 is 23.5 Å². The predicted molar refractivity (Wildman–Crippen MR) is 112 cm³/mol. The van der Waals surface area contributed by atoms with E-state index in [0.29, 0.717) is 42.6 Å². The maximum Gasteiger partial charge on any atom is 0.344 e. The maximum absolute atomic E-state index is 14.4. The first-order valence-electron chi connectivity index (χ1n) is 9.42. The van der Waals surface area contributed by atoms with E-state index in [4.69, 9.17) is 32.7 Å². The molecule has 1 saturated heterocycles. The summed E-state index contributed by atoms with van der Waals surface area (Å²) < 4.78 is 25.1. The molecule has 1 amide bonds. The number of rotatable bonds is 3. The van der Waals surface area contributed by atoms with Crippen LogP contribution in [0, 0.1) is 5.82 Å². The number of esters is 1. The minimum atomic E-state index is -0.602. The highest BCUT2D eigenvalue weighted by Gasteiger charge is 2.29. The number of likely N-dealkylation sites (tertiary alicyclic amines) is 1. The molecule has 0 aromatic heterocycles. The second-order valence-electron chi connectivity index (χ2n) is 7.18. The summed E-state index contributed by atoms with van der Waals surface area (Å²) in [7, 11) is 1.65. The molecule has 0 unspecified atom stereocenters. The Morgan fingerprint density at radius 2 is 1.83 bits per heavy atom. The first-order valence-corrected chi connectivity index (χ1v) is 10.2. The number of carbonyl (C=O) groups excluding carboxylic acids is 2. The molecule has 5 nitrogen and oxygen atoms in total. The first-order chi connectivity index (χ1) is 14.4. The summed E-state index contributed by atoms with van der Waals surface area (Å²) in [6.45, 7) is 1.01. The fourth-order valence-corrected chi connectivity index (χ4v) is 3.98. The highest BCUT2D eigenvalue weighted by molar-refractivity contribution is 6.42. The molecule has 0 N–H and O–H groups in total. The van der Waals surface area contributed by atoms with Gasteiger partial charge in [-0.15, -0.1) is 0 Å². The van der Waals surface area contributed by atoms with Crippen LogP contribution in [0.15, 0.2) is 30.3 Å². The Morgan fingerprint density at radius 1 is 1.17 bits per heavy atom. The van der Waals surface area contributed by atoms with Crippen LogP contribution in [0.2, 0.25) is 10.0 Å². The molecule has 0 spiro atoms. The molecule has 2 aromatic rings. The zero-order valence-electron chi connectivity index (χ0n) is 16.1. The monoisotopic (exact) mass is 449 g/mol. The van der Waals surface area contributed by atoms with Crippen LogP contribution in [0.25, 0.3) is 11.8 Å². The molecule has 8 heteroatoms. The minimum Gasteiger partial charge on any atom is -0.422 e. The van der Waals surface area contributed by atoms with E-state index in [0.717, 1.165) is 0 Å². The lowest BCUT2D eigenvalue weighted by atomic mass is 10.0. The molecule has 0 saturated carbocycles. The molecule has 30 heavy (non-hydrogen) atoms. The molecule has 0 bridgehead atoms. The van der Waals surface area contributed by atoms with Gasteiger partial charge in [-0.3, -0.25) is 4.79 Å². The van der Waals surface area contributed by atoms with Crippen LogP contribution in [0.1, 0.15) is 44.7 Å². The van der Waals surface area contributed by atoms with Gasteiger partial charge in [0, 0.05) is 25.8 Å². The topological polar surface area (TPSA) is 55.8 Å². The molecule has 0 radical (unpaired) electrons. The Morgan fingerprint density at radius 3 is 2.50 bits per heavy atom. The summed E-state index contributed by atoms with van der Waals surface area (Å²) >= 11 is 12.0. The largest absolute Gasteiger partial charge is 0.422 e. The third kappa shape index (κ3) is 3.95. The van der Waals surface area contributed by atoms with Gasteiger partial charge in [-0.05, 0) is 48.7 Å². The Balaban J connectivity index is 1.63. The van der Waals surface area contributed by atoms with Gasteiger partial charge in [0.2, 0.25) is 0 Å².